The van der Waals surface area contributed by atoms with E-state index >= 15 is 0 Å². The first-order chi connectivity index (χ1) is 8.10. The van der Waals surface area contributed by atoms with Gasteiger partial charge in [0.2, 0.25) is 5.91 Å². The monoisotopic (exact) mass is 254 g/mol. The number of rotatable bonds is 6. The van der Waals surface area contributed by atoms with E-state index in [1.807, 2.05) is 11.4 Å². The number of hydrogen-bond donors (Lipinski definition) is 2. The Morgan fingerprint density at radius 3 is 2.53 bits per heavy atom. The zero-order valence-corrected chi connectivity index (χ0v) is 11.6. The van der Waals surface area contributed by atoms with Gasteiger partial charge in [-0.3, -0.25) is 4.79 Å². The third-order valence-corrected chi connectivity index (χ3v) is 4.04. The van der Waals surface area contributed by atoms with Gasteiger partial charge < -0.3 is 11.1 Å². The second-order valence-corrected chi connectivity index (χ2v) is 5.35. The van der Waals surface area contributed by atoms with Gasteiger partial charge >= 0.3 is 0 Å². The molecule has 17 heavy (non-hydrogen) atoms. The lowest BCUT2D eigenvalue weighted by Gasteiger charge is -2.26. The van der Waals surface area contributed by atoms with Gasteiger partial charge in [-0.2, -0.15) is 0 Å². The summed E-state index contributed by atoms with van der Waals surface area (Å²) in [6.07, 6.45) is 2.11. The van der Waals surface area contributed by atoms with Crippen molar-refractivity contribution in [2.45, 2.75) is 45.7 Å². The SMILES string of the molecule is CCC(CC)C(NC(=O)[C@H](C)N)c1cccs1. The second-order valence-electron chi connectivity index (χ2n) is 4.37. The summed E-state index contributed by atoms with van der Waals surface area (Å²) < 4.78 is 0. The molecule has 1 unspecified atom stereocenters. The molecule has 96 valence electrons. The lowest BCUT2D eigenvalue weighted by molar-refractivity contribution is -0.123. The molecular formula is C13H22N2OS. The predicted molar refractivity (Wildman–Crippen MR) is 72.9 cm³/mol. The molecule has 1 rings (SSSR count). The van der Waals surface area contributed by atoms with Gasteiger partial charge in [-0.15, -0.1) is 11.3 Å². The standard InChI is InChI=1S/C13H22N2OS/c1-4-10(5-2)12(11-7-6-8-17-11)15-13(16)9(3)14/h6-10,12H,4-5,14H2,1-3H3,(H,15,16)/t9-,12?/m0/s1. The van der Waals surface area contributed by atoms with Crippen LogP contribution >= 0.6 is 11.3 Å². The number of nitrogens with one attached hydrogen (secondary N) is 1. The van der Waals surface area contributed by atoms with Gasteiger partial charge in [0, 0.05) is 4.88 Å². The van der Waals surface area contributed by atoms with Crippen LogP contribution in [0.15, 0.2) is 17.5 Å². The summed E-state index contributed by atoms with van der Waals surface area (Å²) in [5.41, 5.74) is 5.61. The van der Waals surface area contributed by atoms with Crippen LogP contribution in [0.25, 0.3) is 0 Å². The minimum absolute atomic E-state index is 0.0738. The zero-order valence-electron chi connectivity index (χ0n) is 10.8. The number of carbonyl (C=O) groups excluding carboxylic acids is 1. The largest absolute Gasteiger partial charge is 0.347 e. The Balaban J connectivity index is 2.83. The number of amides is 1. The third-order valence-electron chi connectivity index (χ3n) is 3.08. The molecule has 0 fully saturated rings. The Hall–Kier alpha value is -0.870. The minimum atomic E-state index is -0.452. The van der Waals surface area contributed by atoms with Gasteiger partial charge in [-0.1, -0.05) is 32.8 Å². The highest BCUT2D eigenvalue weighted by Gasteiger charge is 2.24. The second kappa shape index (κ2) is 6.77. The average Bonchev–Trinajstić information content (AvgIpc) is 2.82. The molecule has 0 radical (unpaired) electrons. The third kappa shape index (κ3) is 3.82. The van der Waals surface area contributed by atoms with Crippen molar-refractivity contribution in [1.82, 2.24) is 5.32 Å². The van der Waals surface area contributed by atoms with Gasteiger partial charge in [0.1, 0.15) is 0 Å². The summed E-state index contributed by atoms with van der Waals surface area (Å²) in [5.74, 6) is 0.395. The molecule has 0 aromatic carbocycles. The van der Waals surface area contributed by atoms with Crippen LogP contribution < -0.4 is 11.1 Å². The van der Waals surface area contributed by atoms with E-state index in [0.29, 0.717) is 5.92 Å². The highest BCUT2D eigenvalue weighted by molar-refractivity contribution is 7.10. The summed E-state index contributed by atoms with van der Waals surface area (Å²) >= 11 is 1.69. The van der Waals surface area contributed by atoms with Crippen molar-refractivity contribution < 1.29 is 4.79 Å². The molecule has 1 aromatic rings. The molecule has 0 saturated heterocycles. The fourth-order valence-corrected chi connectivity index (χ4v) is 2.80. The van der Waals surface area contributed by atoms with Crippen molar-refractivity contribution in [3.05, 3.63) is 22.4 Å². The first-order valence-electron chi connectivity index (χ1n) is 6.19. The molecular weight excluding hydrogens is 232 g/mol. The molecule has 3 N–H and O–H groups in total. The van der Waals surface area contributed by atoms with Crippen LogP contribution in [0.2, 0.25) is 0 Å². The molecule has 0 aliphatic carbocycles. The molecule has 0 aliphatic heterocycles. The molecule has 3 nitrogen and oxygen atoms in total. The highest BCUT2D eigenvalue weighted by atomic mass is 32.1. The van der Waals surface area contributed by atoms with Gasteiger partial charge in [-0.05, 0) is 24.3 Å². The summed E-state index contributed by atoms with van der Waals surface area (Å²) in [6, 6.07) is 3.75. The Bertz CT molecular complexity index is 331. The molecule has 2 atom stereocenters. The average molecular weight is 254 g/mol. The predicted octanol–water partition coefficient (Wildman–Crippen LogP) is 2.69. The summed E-state index contributed by atoms with van der Waals surface area (Å²) in [4.78, 5) is 13.0. The Labute approximate surface area is 107 Å². The molecule has 0 saturated carbocycles. The van der Waals surface area contributed by atoms with Gasteiger partial charge in [0.05, 0.1) is 12.1 Å². The molecule has 0 spiro atoms. The maximum Gasteiger partial charge on any atom is 0.237 e. The molecule has 0 aliphatic rings. The first-order valence-corrected chi connectivity index (χ1v) is 7.07. The van der Waals surface area contributed by atoms with E-state index in [2.05, 4.69) is 25.2 Å². The Kier molecular flexibility index (Phi) is 5.65. The van der Waals surface area contributed by atoms with E-state index < -0.39 is 6.04 Å². The fourth-order valence-electron chi connectivity index (χ4n) is 1.93. The lowest BCUT2D eigenvalue weighted by Crippen LogP contribution is -2.42. The van der Waals surface area contributed by atoms with Crippen LogP contribution in [0.3, 0.4) is 0 Å². The smallest absolute Gasteiger partial charge is 0.237 e. The molecule has 0 bridgehead atoms. The van der Waals surface area contributed by atoms with Gasteiger partial charge in [-0.25, -0.2) is 0 Å². The van der Waals surface area contributed by atoms with Crippen molar-refractivity contribution >= 4 is 17.2 Å². The number of nitrogens with two attached hydrogens (primary N) is 1. The lowest BCUT2D eigenvalue weighted by atomic mass is 9.92. The number of thiophene rings is 1. The van der Waals surface area contributed by atoms with Crippen molar-refractivity contribution in [2.24, 2.45) is 11.7 Å². The maximum absolute atomic E-state index is 11.8. The van der Waals surface area contributed by atoms with Crippen LogP contribution in [-0.4, -0.2) is 11.9 Å². The minimum Gasteiger partial charge on any atom is -0.347 e. The fraction of sp³-hybridized carbons (Fsp3) is 0.615. The topological polar surface area (TPSA) is 55.1 Å². The molecule has 4 heteroatoms. The van der Waals surface area contributed by atoms with Gasteiger partial charge in [0.25, 0.3) is 0 Å². The van der Waals surface area contributed by atoms with Crippen molar-refractivity contribution in [1.29, 1.82) is 0 Å². The van der Waals surface area contributed by atoms with Crippen LogP contribution in [-0.2, 0) is 4.79 Å². The summed E-state index contributed by atoms with van der Waals surface area (Å²) in [5, 5.41) is 5.11. The molecule has 1 amide bonds. The number of carbonyl (C=O) groups is 1. The first kappa shape index (κ1) is 14.2. The van der Waals surface area contributed by atoms with Crippen LogP contribution in [0, 0.1) is 5.92 Å². The molecule has 1 heterocycles. The van der Waals surface area contributed by atoms with Crippen molar-refractivity contribution in [3.63, 3.8) is 0 Å². The van der Waals surface area contributed by atoms with Crippen molar-refractivity contribution in [3.8, 4) is 0 Å². The van der Waals surface area contributed by atoms with E-state index in [9.17, 15) is 4.79 Å². The Morgan fingerprint density at radius 1 is 1.47 bits per heavy atom. The van der Waals surface area contributed by atoms with E-state index in [1.165, 1.54) is 4.88 Å². The quantitative estimate of drug-likeness (QED) is 0.820. The van der Waals surface area contributed by atoms with E-state index in [0.717, 1.165) is 12.8 Å². The number of hydrogen-bond acceptors (Lipinski definition) is 3. The van der Waals surface area contributed by atoms with E-state index in [4.69, 9.17) is 5.73 Å². The van der Waals surface area contributed by atoms with E-state index in [1.54, 1.807) is 18.3 Å². The van der Waals surface area contributed by atoms with Crippen LogP contribution in [0.1, 0.15) is 44.5 Å². The van der Waals surface area contributed by atoms with E-state index in [-0.39, 0.29) is 11.9 Å². The van der Waals surface area contributed by atoms with Gasteiger partial charge in [0.15, 0.2) is 0 Å². The highest BCUT2D eigenvalue weighted by Crippen LogP contribution is 2.30. The summed E-state index contributed by atoms with van der Waals surface area (Å²) in [6.45, 7) is 6.04. The summed E-state index contributed by atoms with van der Waals surface area (Å²) in [7, 11) is 0. The van der Waals surface area contributed by atoms with Crippen molar-refractivity contribution in [2.75, 3.05) is 0 Å². The zero-order chi connectivity index (χ0) is 12.8. The maximum atomic E-state index is 11.8. The van der Waals surface area contributed by atoms with Crippen LogP contribution in [0.5, 0.6) is 0 Å². The Morgan fingerprint density at radius 2 is 2.12 bits per heavy atom. The molecule has 1 aromatic heterocycles. The van der Waals surface area contributed by atoms with Crippen LogP contribution in [0.4, 0.5) is 0 Å². The normalized spacial score (nSPS) is 14.6.